The fourth-order valence-electron chi connectivity index (χ4n) is 2.59. The number of primary sulfonamides is 1. The van der Waals surface area contributed by atoms with Crippen molar-refractivity contribution in [3.05, 3.63) is 48.0 Å². The molecule has 1 aliphatic heterocycles. The molecule has 0 atom stereocenters. The summed E-state index contributed by atoms with van der Waals surface area (Å²) in [7, 11) is -3.69. The highest BCUT2D eigenvalue weighted by atomic mass is 32.2. The highest BCUT2D eigenvalue weighted by Gasteiger charge is 2.12. The van der Waals surface area contributed by atoms with Gasteiger partial charge in [-0.15, -0.1) is 0 Å². The molecule has 1 heterocycles. The molecule has 2 aromatic carbocycles. The van der Waals surface area contributed by atoms with E-state index >= 15 is 0 Å². The van der Waals surface area contributed by atoms with E-state index in [1.807, 2.05) is 6.07 Å². The van der Waals surface area contributed by atoms with Gasteiger partial charge in [0.1, 0.15) is 13.2 Å². The van der Waals surface area contributed by atoms with Gasteiger partial charge in [-0.2, -0.15) is 0 Å². The summed E-state index contributed by atoms with van der Waals surface area (Å²) in [6.45, 7) is 1.61. The van der Waals surface area contributed by atoms with Crippen molar-refractivity contribution < 1.29 is 22.7 Å². The molecule has 0 unspecified atom stereocenters. The van der Waals surface area contributed by atoms with Gasteiger partial charge in [0, 0.05) is 18.3 Å². The summed E-state index contributed by atoms with van der Waals surface area (Å²) in [5, 5.41) is 10.9. The van der Waals surface area contributed by atoms with E-state index in [0.29, 0.717) is 37.7 Å². The molecular weight excluding hydrogens is 370 g/mol. The molecule has 0 spiro atoms. The maximum atomic E-state index is 12.0. The van der Waals surface area contributed by atoms with Crippen LogP contribution in [0.15, 0.2) is 47.4 Å². The van der Waals surface area contributed by atoms with Gasteiger partial charge in [0.2, 0.25) is 15.9 Å². The molecule has 0 saturated heterocycles. The third-order valence-corrected chi connectivity index (χ3v) is 4.91. The number of nitrogens with two attached hydrogens (primary N) is 1. The number of fused-ring (bicyclic) bond motifs is 1. The number of nitrogens with one attached hydrogen (secondary N) is 2. The minimum Gasteiger partial charge on any atom is -0.486 e. The molecule has 0 radical (unpaired) electrons. The predicted octanol–water partition coefficient (Wildman–Crippen LogP) is 0.876. The van der Waals surface area contributed by atoms with Gasteiger partial charge in [0.25, 0.3) is 0 Å². The third-order valence-electron chi connectivity index (χ3n) is 3.98. The average Bonchev–Trinajstić information content (AvgIpc) is 2.66. The maximum absolute atomic E-state index is 12.0. The number of anilines is 1. The molecule has 1 amide bonds. The quantitative estimate of drug-likeness (QED) is 0.644. The van der Waals surface area contributed by atoms with Gasteiger partial charge in [0.15, 0.2) is 11.5 Å². The van der Waals surface area contributed by atoms with Crippen molar-refractivity contribution in [2.45, 2.75) is 11.3 Å². The Morgan fingerprint density at radius 2 is 1.74 bits per heavy atom. The van der Waals surface area contributed by atoms with Crippen molar-refractivity contribution in [2.75, 3.05) is 31.6 Å². The largest absolute Gasteiger partial charge is 0.486 e. The topological polar surface area (TPSA) is 120 Å². The molecule has 0 fully saturated rings. The number of hydrogen-bond donors (Lipinski definition) is 3. The normalized spacial score (nSPS) is 13.1. The lowest BCUT2D eigenvalue weighted by Crippen LogP contribution is -2.31. The summed E-state index contributed by atoms with van der Waals surface area (Å²) in [4.78, 5) is 12.0. The van der Waals surface area contributed by atoms with Crippen LogP contribution in [0, 0.1) is 0 Å². The van der Waals surface area contributed by atoms with E-state index in [9.17, 15) is 13.2 Å². The van der Waals surface area contributed by atoms with Crippen molar-refractivity contribution in [3.63, 3.8) is 0 Å². The van der Waals surface area contributed by atoms with E-state index in [-0.39, 0.29) is 17.3 Å². The van der Waals surface area contributed by atoms with Crippen LogP contribution in [0.4, 0.5) is 5.69 Å². The zero-order valence-electron chi connectivity index (χ0n) is 14.6. The smallest absolute Gasteiger partial charge is 0.239 e. The monoisotopic (exact) mass is 391 g/mol. The lowest BCUT2D eigenvalue weighted by Gasteiger charge is -2.19. The molecule has 1 aliphatic rings. The fourth-order valence-corrected chi connectivity index (χ4v) is 3.11. The first-order chi connectivity index (χ1) is 12.9. The average molecular weight is 391 g/mol. The van der Waals surface area contributed by atoms with Crippen LogP contribution >= 0.6 is 0 Å². The summed E-state index contributed by atoms with van der Waals surface area (Å²) in [6, 6.07) is 11.7. The number of hydrogen-bond acceptors (Lipinski definition) is 6. The van der Waals surface area contributed by atoms with Crippen LogP contribution in [0.5, 0.6) is 11.5 Å². The Hall–Kier alpha value is -2.78. The fraction of sp³-hybridized carbons (Fsp3) is 0.278. The maximum Gasteiger partial charge on any atom is 0.239 e. The second-order valence-corrected chi connectivity index (χ2v) is 7.56. The second-order valence-electron chi connectivity index (χ2n) is 6.00. The summed E-state index contributed by atoms with van der Waals surface area (Å²) in [6.07, 6.45) is 0.584. The minimum absolute atomic E-state index is 0.0684. The molecule has 3 rings (SSSR count). The zero-order valence-corrected chi connectivity index (χ0v) is 15.4. The first-order valence-electron chi connectivity index (χ1n) is 8.44. The van der Waals surface area contributed by atoms with E-state index in [1.54, 1.807) is 24.3 Å². The van der Waals surface area contributed by atoms with Crippen molar-refractivity contribution in [1.29, 1.82) is 0 Å². The minimum atomic E-state index is -3.69. The molecule has 0 aromatic heterocycles. The summed E-state index contributed by atoms with van der Waals surface area (Å²) < 4.78 is 33.4. The first-order valence-corrected chi connectivity index (χ1v) is 9.98. The van der Waals surface area contributed by atoms with Gasteiger partial charge >= 0.3 is 0 Å². The number of benzene rings is 2. The zero-order chi connectivity index (χ0) is 19.3. The number of amides is 1. The van der Waals surface area contributed by atoms with E-state index in [0.717, 1.165) is 11.3 Å². The van der Waals surface area contributed by atoms with E-state index in [4.69, 9.17) is 14.6 Å². The van der Waals surface area contributed by atoms with Crippen LogP contribution in [-0.4, -0.2) is 40.6 Å². The van der Waals surface area contributed by atoms with Crippen LogP contribution in [0.3, 0.4) is 0 Å². The number of carbonyl (C=O) groups is 1. The van der Waals surface area contributed by atoms with Crippen molar-refractivity contribution in [1.82, 2.24) is 5.32 Å². The van der Waals surface area contributed by atoms with Crippen molar-refractivity contribution in [3.8, 4) is 11.5 Å². The summed E-state index contributed by atoms with van der Waals surface area (Å²) >= 11 is 0. The third kappa shape index (κ3) is 5.35. The van der Waals surface area contributed by atoms with Crippen molar-refractivity contribution in [2.24, 2.45) is 5.14 Å². The Labute approximate surface area is 157 Å². The molecule has 27 heavy (non-hydrogen) atoms. The second kappa shape index (κ2) is 8.28. The molecule has 8 nitrogen and oxygen atoms in total. The standard InChI is InChI=1S/C18H21N3O5S/c19-27(23,24)15-4-1-13(2-5-15)7-8-20-18(22)12-21-14-3-6-16-17(11-14)26-10-9-25-16/h1-6,11,21H,7-10,12H2,(H,20,22)(H2,19,23,24). The number of sulfonamides is 1. The van der Waals surface area contributed by atoms with Crippen LogP contribution in [0.1, 0.15) is 5.56 Å². The SMILES string of the molecule is NS(=O)(=O)c1ccc(CCNC(=O)CNc2ccc3c(c2)OCCO3)cc1. The Balaban J connectivity index is 1.42. The van der Waals surface area contributed by atoms with Gasteiger partial charge in [0.05, 0.1) is 11.4 Å². The van der Waals surface area contributed by atoms with Crippen LogP contribution in [0.2, 0.25) is 0 Å². The Bertz CT molecular complexity index is 913. The van der Waals surface area contributed by atoms with Crippen LogP contribution < -0.4 is 25.2 Å². The Kier molecular flexibility index (Phi) is 5.82. The molecule has 0 bridgehead atoms. The highest BCUT2D eigenvalue weighted by molar-refractivity contribution is 7.89. The molecule has 2 aromatic rings. The van der Waals surface area contributed by atoms with E-state index in [1.165, 1.54) is 12.1 Å². The van der Waals surface area contributed by atoms with Crippen LogP contribution in [0.25, 0.3) is 0 Å². The Morgan fingerprint density at radius 1 is 1.04 bits per heavy atom. The summed E-state index contributed by atoms with van der Waals surface area (Å²) in [5.74, 6) is 1.21. The summed E-state index contributed by atoms with van der Waals surface area (Å²) in [5.41, 5.74) is 1.68. The molecule has 9 heteroatoms. The van der Waals surface area contributed by atoms with E-state index in [2.05, 4.69) is 10.6 Å². The predicted molar refractivity (Wildman–Crippen MR) is 100 cm³/mol. The van der Waals surface area contributed by atoms with E-state index < -0.39 is 10.0 Å². The lowest BCUT2D eigenvalue weighted by molar-refractivity contribution is -0.119. The van der Waals surface area contributed by atoms with Gasteiger partial charge in [-0.05, 0) is 36.2 Å². The number of carbonyl (C=O) groups excluding carboxylic acids is 1. The highest BCUT2D eigenvalue weighted by Crippen LogP contribution is 2.32. The molecule has 144 valence electrons. The lowest BCUT2D eigenvalue weighted by atomic mass is 10.1. The Morgan fingerprint density at radius 3 is 2.44 bits per heavy atom. The van der Waals surface area contributed by atoms with Gasteiger partial charge in [-0.25, -0.2) is 13.6 Å². The number of rotatable bonds is 7. The van der Waals surface area contributed by atoms with Gasteiger partial charge in [-0.1, -0.05) is 12.1 Å². The first kappa shape index (κ1) is 19.0. The van der Waals surface area contributed by atoms with Gasteiger partial charge in [-0.3, -0.25) is 4.79 Å². The molecular formula is C18H21N3O5S. The molecule has 0 saturated carbocycles. The van der Waals surface area contributed by atoms with Gasteiger partial charge < -0.3 is 20.1 Å². The molecule has 0 aliphatic carbocycles. The van der Waals surface area contributed by atoms with Crippen molar-refractivity contribution >= 4 is 21.6 Å². The van der Waals surface area contributed by atoms with Crippen LogP contribution in [-0.2, 0) is 21.2 Å². The molecule has 4 N–H and O–H groups in total. The number of ether oxygens (including phenoxy) is 2.